The third-order valence-electron chi connectivity index (χ3n) is 5.99. The van der Waals surface area contributed by atoms with Gasteiger partial charge >= 0.3 is 0 Å². The van der Waals surface area contributed by atoms with Gasteiger partial charge in [0.2, 0.25) is 5.91 Å². The van der Waals surface area contributed by atoms with Crippen molar-refractivity contribution in [1.82, 2.24) is 9.21 Å². The Morgan fingerprint density at radius 3 is 2.39 bits per heavy atom. The summed E-state index contributed by atoms with van der Waals surface area (Å²) in [6, 6.07) is 15.3. The lowest BCUT2D eigenvalue weighted by molar-refractivity contribution is -0.132. The largest absolute Gasteiger partial charge is 0.343 e. The van der Waals surface area contributed by atoms with Crippen LogP contribution in [0.4, 0.5) is 4.39 Å². The second kappa shape index (κ2) is 10.3. The number of nitrogens with zero attached hydrogens (tertiary/aromatic N) is 2. The highest BCUT2D eigenvalue weighted by Crippen LogP contribution is 2.40. The van der Waals surface area contributed by atoms with Gasteiger partial charge in [-0.15, -0.1) is 0 Å². The first kappa shape index (κ1) is 22.6. The van der Waals surface area contributed by atoms with E-state index in [4.69, 9.17) is 17.3 Å². The van der Waals surface area contributed by atoms with Gasteiger partial charge in [-0.05, 0) is 79.9 Å². The fourth-order valence-electron chi connectivity index (χ4n) is 4.14. The fourth-order valence-corrected chi connectivity index (χ4v) is 5.48. The molecule has 2 aliphatic rings. The molecule has 2 fully saturated rings. The molecular weight excluding hydrogens is 433 g/mol. The third-order valence-corrected chi connectivity index (χ3v) is 7.53. The number of likely N-dealkylation sites (tertiary alicyclic amines) is 1. The lowest BCUT2D eigenvalue weighted by Crippen LogP contribution is -2.46. The number of hydrogen-bond acceptors (Lipinski definition) is 4. The van der Waals surface area contributed by atoms with Crippen LogP contribution in [0.15, 0.2) is 53.4 Å². The van der Waals surface area contributed by atoms with E-state index in [-0.39, 0.29) is 24.2 Å². The van der Waals surface area contributed by atoms with Crippen LogP contribution in [0.2, 0.25) is 5.02 Å². The van der Waals surface area contributed by atoms with Gasteiger partial charge in [-0.3, -0.25) is 4.79 Å². The number of hydrogen-bond donors (Lipinski definition) is 1. The number of carbonyl (C=O) groups is 1. The van der Waals surface area contributed by atoms with Crippen LogP contribution in [0.5, 0.6) is 0 Å². The molecule has 0 radical (unpaired) electrons. The second-order valence-electron chi connectivity index (χ2n) is 8.51. The molecule has 1 heterocycles. The van der Waals surface area contributed by atoms with Crippen LogP contribution < -0.4 is 5.73 Å². The van der Waals surface area contributed by atoms with Crippen molar-refractivity contribution in [3.63, 3.8) is 0 Å². The zero-order valence-electron chi connectivity index (χ0n) is 17.6. The zero-order valence-corrected chi connectivity index (χ0v) is 19.1. The molecule has 4 rings (SSSR count). The molecule has 0 spiro atoms. The quantitative estimate of drug-likeness (QED) is 0.568. The Kier molecular flexibility index (Phi) is 7.54. The van der Waals surface area contributed by atoms with E-state index in [1.165, 1.54) is 23.8 Å². The van der Waals surface area contributed by atoms with Crippen molar-refractivity contribution in [3.05, 3.63) is 64.9 Å². The summed E-state index contributed by atoms with van der Waals surface area (Å²) in [7, 11) is 0. The Labute approximate surface area is 193 Å². The Morgan fingerprint density at radius 2 is 1.74 bits per heavy atom. The van der Waals surface area contributed by atoms with Crippen LogP contribution in [0, 0.1) is 5.82 Å². The number of piperidine rings is 1. The highest BCUT2D eigenvalue weighted by atomic mass is 35.5. The highest BCUT2D eigenvalue weighted by Gasteiger charge is 2.37. The molecule has 1 saturated carbocycles. The monoisotopic (exact) mass is 461 g/mol. The van der Waals surface area contributed by atoms with Crippen molar-refractivity contribution in [2.45, 2.75) is 61.5 Å². The summed E-state index contributed by atoms with van der Waals surface area (Å²) in [5, 5.41) is 0.752. The molecule has 1 aliphatic heterocycles. The summed E-state index contributed by atoms with van der Waals surface area (Å²) in [4.78, 5) is 15.9. The third kappa shape index (κ3) is 6.22. The molecule has 166 valence electrons. The Hall–Kier alpha value is -1.60. The normalized spacial score (nSPS) is 18.4. The number of amides is 1. The number of benzene rings is 2. The average Bonchev–Trinajstić information content (AvgIpc) is 3.60. The Balaban J connectivity index is 1.27. The molecule has 1 saturated heterocycles. The summed E-state index contributed by atoms with van der Waals surface area (Å²) < 4.78 is 16.4. The van der Waals surface area contributed by atoms with Gasteiger partial charge in [0.15, 0.2) is 0 Å². The Morgan fingerprint density at radius 1 is 1.10 bits per heavy atom. The molecule has 4 nitrogen and oxygen atoms in total. The first-order valence-corrected chi connectivity index (χ1v) is 12.1. The number of nitrogens with two attached hydrogens (primary N) is 1. The van der Waals surface area contributed by atoms with Crippen LogP contribution in [0.3, 0.4) is 0 Å². The van der Waals surface area contributed by atoms with Crippen molar-refractivity contribution in [1.29, 1.82) is 0 Å². The van der Waals surface area contributed by atoms with Gasteiger partial charge in [-0.25, -0.2) is 8.70 Å². The van der Waals surface area contributed by atoms with Crippen molar-refractivity contribution in [3.8, 4) is 0 Å². The van der Waals surface area contributed by atoms with E-state index < -0.39 is 0 Å². The van der Waals surface area contributed by atoms with E-state index in [1.54, 1.807) is 18.2 Å². The van der Waals surface area contributed by atoms with Crippen LogP contribution in [0.25, 0.3) is 0 Å². The topological polar surface area (TPSA) is 49.6 Å². The minimum atomic E-state index is -0.370. The molecule has 2 aromatic carbocycles. The summed E-state index contributed by atoms with van der Waals surface area (Å²) in [6.07, 6.45) is 5.04. The van der Waals surface area contributed by atoms with E-state index in [1.807, 2.05) is 29.0 Å². The number of carbonyl (C=O) groups excluding carboxylic acids is 1. The molecule has 31 heavy (non-hydrogen) atoms. The van der Waals surface area contributed by atoms with Crippen molar-refractivity contribution in [2.24, 2.45) is 5.73 Å². The first-order valence-electron chi connectivity index (χ1n) is 11.0. The van der Waals surface area contributed by atoms with Crippen molar-refractivity contribution >= 4 is 29.5 Å². The van der Waals surface area contributed by atoms with Crippen molar-refractivity contribution < 1.29 is 9.18 Å². The van der Waals surface area contributed by atoms with Gasteiger partial charge in [0.25, 0.3) is 0 Å². The SMILES string of the molecule is N[C@@H](CC(=O)N1CCC(N(Sc2ccc(Cl)cc2)C2CC2)CC1)Cc1ccccc1F. The van der Waals surface area contributed by atoms with E-state index >= 15 is 0 Å². The fraction of sp³-hybridized carbons (Fsp3) is 0.458. The maximum absolute atomic E-state index is 13.8. The van der Waals surface area contributed by atoms with E-state index in [2.05, 4.69) is 16.4 Å². The second-order valence-corrected chi connectivity index (χ2v) is 10.0. The van der Waals surface area contributed by atoms with Crippen LogP contribution in [-0.4, -0.2) is 46.3 Å². The minimum Gasteiger partial charge on any atom is -0.343 e. The smallest absolute Gasteiger partial charge is 0.224 e. The first-order chi connectivity index (χ1) is 15.0. The predicted octanol–water partition coefficient (Wildman–Crippen LogP) is 4.90. The summed E-state index contributed by atoms with van der Waals surface area (Å²) >= 11 is 7.83. The van der Waals surface area contributed by atoms with Crippen LogP contribution in [0.1, 0.15) is 37.7 Å². The molecular formula is C24H29ClFN3OS. The molecule has 1 atom stereocenters. The molecule has 1 amide bonds. The molecule has 2 aromatic rings. The summed E-state index contributed by atoms with van der Waals surface area (Å²) in [5.41, 5.74) is 6.74. The number of rotatable bonds is 8. The maximum Gasteiger partial charge on any atom is 0.224 e. The summed E-state index contributed by atoms with van der Waals surface area (Å²) in [5.74, 6) is -0.185. The molecule has 1 aliphatic carbocycles. The van der Waals surface area contributed by atoms with Gasteiger partial charge in [0, 0.05) is 47.6 Å². The van der Waals surface area contributed by atoms with Gasteiger partial charge in [0.1, 0.15) is 5.82 Å². The lowest BCUT2D eigenvalue weighted by atomic mass is 10.0. The van der Waals surface area contributed by atoms with E-state index in [0.717, 1.165) is 31.0 Å². The zero-order chi connectivity index (χ0) is 21.8. The number of halogens is 2. The molecule has 0 aromatic heterocycles. The van der Waals surface area contributed by atoms with Gasteiger partial charge in [-0.1, -0.05) is 29.8 Å². The standard InChI is InChI=1S/C24H29ClFN3OS/c25-18-5-9-22(10-6-18)31-29(20-7-8-20)21-11-13-28(14-12-21)24(30)16-19(27)15-17-3-1-2-4-23(17)26/h1-6,9-10,19-21H,7-8,11-16,27H2/t19-/m1/s1. The van der Waals surface area contributed by atoms with Gasteiger partial charge < -0.3 is 10.6 Å². The highest BCUT2D eigenvalue weighted by molar-refractivity contribution is 7.97. The van der Waals surface area contributed by atoms with Gasteiger partial charge in [-0.2, -0.15) is 0 Å². The molecule has 7 heteroatoms. The predicted molar refractivity (Wildman–Crippen MR) is 124 cm³/mol. The Bertz CT molecular complexity index is 885. The molecule has 0 bridgehead atoms. The average molecular weight is 462 g/mol. The lowest BCUT2D eigenvalue weighted by Gasteiger charge is -2.38. The van der Waals surface area contributed by atoms with Crippen LogP contribution >= 0.6 is 23.5 Å². The summed E-state index contributed by atoms with van der Waals surface area (Å²) in [6.45, 7) is 1.50. The molecule has 0 unspecified atom stereocenters. The van der Waals surface area contributed by atoms with Crippen LogP contribution in [-0.2, 0) is 11.2 Å². The minimum absolute atomic E-state index is 0.0746. The van der Waals surface area contributed by atoms with Gasteiger partial charge in [0.05, 0.1) is 0 Å². The maximum atomic E-state index is 13.8. The molecule has 2 N–H and O–H groups in total. The van der Waals surface area contributed by atoms with E-state index in [0.29, 0.717) is 24.1 Å². The van der Waals surface area contributed by atoms with E-state index in [9.17, 15) is 9.18 Å². The van der Waals surface area contributed by atoms with Crippen molar-refractivity contribution in [2.75, 3.05) is 13.1 Å².